The van der Waals surface area contributed by atoms with Crippen LogP contribution >= 0.6 is 0 Å². The van der Waals surface area contributed by atoms with Crippen LogP contribution in [0.4, 0.5) is 5.69 Å². The van der Waals surface area contributed by atoms with Crippen LogP contribution in [0, 0.1) is 5.92 Å². The maximum absolute atomic E-state index is 12.1. The Kier molecular flexibility index (Phi) is 5.81. The topological polar surface area (TPSA) is 92.1 Å². The van der Waals surface area contributed by atoms with Crippen LogP contribution in [0.25, 0.3) is 0 Å². The van der Waals surface area contributed by atoms with Crippen molar-refractivity contribution in [1.29, 1.82) is 0 Å². The number of carboxylic acid groups (broad SMARTS) is 1. The molecule has 2 rings (SSSR count). The smallest absolute Gasteiger partial charge is 0.279 e. The minimum atomic E-state index is -0.987. The molecular weight excluding hydrogens is 300 g/mol. The Morgan fingerprint density at radius 1 is 1.22 bits per heavy atom. The van der Waals surface area contributed by atoms with Gasteiger partial charge in [-0.1, -0.05) is 0 Å². The standard InChI is InChI=1S/C16H22N2O5/c1-22-13-4-3-12(9-14(13)23-2)17-15(19)10-18-7-5-11(6-8-18)16(20)21/h3-4,9,11H,5-8,10H2,1-2H3,(H,17,19)(H,20,21). The number of ether oxygens (including phenoxy) is 2. The highest BCUT2D eigenvalue weighted by molar-refractivity contribution is 5.91. The number of carboxylic acids is 1. The number of aliphatic carboxylic acids is 1. The highest BCUT2D eigenvalue weighted by Gasteiger charge is 2.24. The molecule has 0 bridgehead atoms. The molecule has 1 saturated heterocycles. The third kappa shape index (κ3) is 4.59. The number of methoxy groups -OCH3 is 2. The Hall–Kier alpha value is -2.28. The zero-order valence-electron chi connectivity index (χ0n) is 13.4. The van der Waals surface area contributed by atoms with Gasteiger partial charge in [0.05, 0.1) is 27.3 Å². The zero-order valence-corrected chi connectivity index (χ0v) is 13.4. The van der Waals surface area contributed by atoms with E-state index in [1.54, 1.807) is 25.3 Å². The van der Waals surface area contributed by atoms with E-state index in [0.29, 0.717) is 49.7 Å². The lowest BCUT2D eigenvalue weighted by Gasteiger charge is -2.29. The van der Waals surface area contributed by atoms with Gasteiger partial charge >= 0.3 is 0 Å². The van der Waals surface area contributed by atoms with E-state index in [2.05, 4.69) is 5.32 Å². The van der Waals surface area contributed by atoms with Crippen LogP contribution in [-0.4, -0.2) is 45.7 Å². The van der Waals surface area contributed by atoms with Gasteiger partial charge in [-0.15, -0.1) is 0 Å². The quantitative estimate of drug-likeness (QED) is 0.678. The molecule has 0 aromatic heterocycles. The summed E-state index contributed by atoms with van der Waals surface area (Å²) in [6.07, 6.45) is 1.11. The molecule has 1 aromatic rings. The van der Waals surface area contributed by atoms with Crippen molar-refractivity contribution in [3.63, 3.8) is 0 Å². The Balaban J connectivity index is 1.87. The molecule has 1 amide bonds. The van der Waals surface area contributed by atoms with E-state index in [-0.39, 0.29) is 11.8 Å². The van der Waals surface area contributed by atoms with Gasteiger partial charge < -0.3 is 29.6 Å². The molecule has 7 nitrogen and oxygen atoms in total. The lowest BCUT2D eigenvalue weighted by molar-refractivity contribution is -0.897. The van der Waals surface area contributed by atoms with E-state index < -0.39 is 5.97 Å². The number of piperidine rings is 1. The summed E-state index contributed by atoms with van der Waals surface area (Å²) in [5.41, 5.74) is 0.636. The minimum absolute atomic E-state index is 0.112. The van der Waals surface area contributed by atoms with Crippen molar-refractivity contribution < 1.29 is 29.1 Å². The molecular formula is C16H22N2O5. The van der Waals surface area contributed by atoms with Crippen molar-refractivity contribution in [2.24, 2.45) is 5.92 Å². The summed E-state index contributed by atoms with van der Waals surface area (Å²) < 4.78 is 10.4. The van der Waals surface area contributed by atoms with Gasteiger partial charge in [0.25, 0.3) is 5.91 Å². The van der Waals surface area contributed by atoms with Crippen LogP contribution in [0.5, 0.6) is 11.5 Å². The summed E-state index contributed by atoms with van der Waals surface area (Å²) in [5, 5.41) is 13.6. The van der Waals surface area contributed by atoms with Crippen LogP contribution in [0.3, 0.4) is 0 Å². The first-order chi connectivity index (χ1) is 11.0. The van der Waals surface area contributed by atoms with Crippen molar-refractivity contribution in [3.05, 3.63) is 18.2 Å². The fourth-order valence-electron chi connectivity index (χ4n) is 2.78. The predicted molar refractivity (Wildman–Crippen MR) is 81.5 cm³/mol. The molecule has 1 heterocycles. The van der Waals surface area contributed by atoms with Gasteiger partial charge in [-0.25, -0.2) is 0 Å². The summed E-state index contributed by atoms with van der Waals surface area (Å²) in [6, 6.07) is 5.18. The Labute approximate surface area is 135 Å². The summed E-state index contributed by atoms with van der Waals surface area (Å²) in [5.74, 6) is -0.335. The number of anilines is 1. The van der Waals surface area contributed by atoms with E-state index in [4.69, 9.17) is 9.47 Å². The molecule has 1 aliphatic heterocycles. The van der Waals surface area contributed by atoms with Crippen LogP contribution in [0.1, 0.15) is 12.8 Å². The summed E-state index contributed by atoms with van der Waals surface area (Å²) >= 11 is 0. The molecule has 1 fully saturated rings. The Bertz CT molecular complexity index is 568. The van der Waals surface area contributed by atoms with Gasteiger partial charge in [0, 0.05) is 36.5 Å². The average molecular weight is 322 g/mol. The van der Waals surface area contributed by atoms with Gasteiger partial charge in [-0.2, -0.15) is 0 Å². The number of hydrogen-bond donors (Lipinski definition) is 2. The number of hydrogen-bond acceptors (Lipinski definition) is 5. The van der Waals surface area contributed by atoms with Crippen LogP contribution in [-0.2, 0) is 9.59 Å². The fourth-order valence-corrected chi connectivity index (χ4v) is 2.78. The maximum Gasteiger partial charge on any atom is 0.279 e. The molecule has 1 aliphatic rings. The number of carbonyl (C=O) groups excluding carboxylic acids is 2. The molecule has 1 aromatic carbocycles. The average Bonchev–Trinajstić information content (AvgIpc) is 2.55. The third-order valence-corrected chi connectivity index (χ3v) is 4.10. The van der Waals surface area contributed by atoms with Gasteiger partial charge in [0.15, 0.2) is 18.0 Å². The van der Waals surface area contributed by atoms with Gasteiger partial charge in [-0.05, 0) is 12.1 Å². The van der Waals surface area contributed by atoms with Gasteiger partial charge in [-0.3, -0.25) is 4.79 Å². The molecule has 2 N–H and O–H groups in total. The normalized spacial score (nSPS) is 20.6. The van der Waals surface area contributed by atoms with E-state index >= 15 is 0 Å². The number of amides is 1. The molecule has 126 valence electrons. The maximum atomic E-state index is 12.1. The monoisotopic (exact) mass is 322 g/mol. The van der Waals surface area contributed by atoms with Crippen LogP contribution in [0.2, 0.25) is 0 Å². The molecule has 0 aliphatic carbocycles. The molecule has 0 spiro atoms. The molecule has 0 unspecified atom stereocenters. The van der Waals surface area contributed by atoms with E-state index in [0.717, 1.165) is 4.90 Å². The summed E-state index contributed by atoms with van der Waals surface area (Å²) in [7, 11) is 3.09. The first-order valence-corrected chi connectivity index (χ1v) is 7.59. The highest BCUT2D eigenvalue weighted by Crippen LogP contribution is 2.29. The van der Waals surface area contributed by atoms with E-state index in [9.17, 15) is 14.7 Å². The van der Waals surface area contributed by atoms with Crippen molar-refractivity contribution in [2.45, 2.75) is 12.8 Å². The van der Waals surface area contributed by atoms with Crippen LogP contribution < -0.4 is 24.8 Å². The van der Waals surface area contributed by atoms with E-state index in [1.165, 1.54) is 7.11 Å². The first-order valence-electron chi connectivity index (χ1n) is 7.59. The summed E-state index contributed by atoms with van der Waals surface area (Å²) in [4.78, 5) is 24.0. The number of likely N-dealkylation sites (tertiary alicyclic amines) is 1. The van der Waals surface area contributed by atoms with Crippen molar-refractivity contribution in [2.75, 3.05) is 39.2 Å². The number of benzene rings is 1. The zero-order chi connectivity index (χ0) is 16.8. The van der Waals surface area contributed by atoms with Crippen molar-refractivity contribution in [1.82, 2.24) is 0 Å². The second kappa shape index (κ2) is 7.82. The largest absolute Gasteiger partial charge is 0.550 e. The lowest BCUT2D eigenvalue weighted by atomic mass is 9.97. The Morgan fingerprint density at radius 2 is 1.87 bits per heavy atom. The van der Waals surface area contributed by atoms with Crippen LogP contribution in [0.15, 0.2) is 18.2 Å². The Morgan fingerprint density at radius 3 is 2.43 bits per heavy atom. The van der Waals surface area contributed by atoms with Gasteiger partial charge in [0.1, 0.15) is 0 Å². The number of rotatable bonds is 6. The molecule has 0 saturated carbocycles. The first kappa shape index (κ1) is 17.1. The minimum Gasteiger partial charge on any atom is -0.550 e. The van der Waals surface area contributed by atoms with E-state index in [1.807, 2.05) is 0 Å². The third-order valence-electron chi connectivity index (χ3n) is 4.10. The fraction of sp³-hybridized carbons (Fsp3) is 0.500. The second-order valence-electron chi connectivity index (χ2n) is 5.64. The predicted octanol–water partition coefficient (Wildman–Crippen LogP) is -1.31. The summed E-state index contributed by atoms with van der Waals surface area (Å²) in [6.45, 7) is 1.64. The SMILES string of the molecule is COc1ccc(NC(=O)C[NH+]2CCC(C(=O)[O-])CC2)cc1OC. The highest BCUT2D eigenvalue weighted by atomic mass is 16.5. The number of nitrogens with one attached hydrogen (secondary N) is 2. The molecule has 23 heavy (non-hydrogen) atoms. The second-order valence-corrected chi connectivity index (χ2v) is 5.64. The lowest BCUT2D eigenvalue weighted by Crippen LogP contribution is -3.14. The molecule has 0 radical (unpaired) electrons. The molecule has 0 atom stereocenters. The number of carbonyl (C=O) groups is 2. The van der Waals surface area contributed by atoms with Crippen molar-refractivity contribution in [3.8, 4) is 11.5 Å². The molecule has 7 heteroatoms. The van der Waals surface area contributed by atoms with Crippen molar-refractivity contribution >= 4 is 17.6 Å². The van der Waals surface area contributed by atoms with Gasteiger partial charge in [0.2, 0.25) is 0 Å². The number of quaternary nitrogens is 1.